The highest BCUT2D eigenvalue weighted by molar-refractivity contribution is 7.86. The predicted molar refractivity (Wildman–Crippen MR) is 70.4 cm³/mol. The second-order valence-corrected chi connectivity index (χ2v) is 5.36. The van der Waals surface area contributed by atoms with E-state index in [1.54, 1.807) is 18.2 Å². The van der Waals surface area contributed by atoms with Crippen LogP contribution in [0.1, 0.15) is 5.56 Å². The van der Waals surface area contributed by atoms with E-state index in [2.05, 4.69) is 4.33 Å². The van der Waals surface area contributed by atoms with Crippen LogP contribution in [-0.4, -0.2) is 8.42 Å². The third kappa shape index (κ3) is 3.78. The second-order valence-electron chi connectivity index (χ2n) is 3.84. The molecular formula is C13H13NO4S. The zero-order valence-corrected chi connectivity index (χ0v) is 10.8. The summed E-state index contributed by atoms with van der Waals surface area (Å²) >= 11 is 0. The van der Waals surface area contributed by atoms with Crippen molar-refractivity contribution in [3.63, 3.8) is 0 Å². The number of hydrogen-bond donors (Lipinski definition) is 1. The first-order chi connectivity index (χ1) is 9.08. The van der Waals surface area contributed by atoms with Gasteiger partial charge in [-0.15, -0.1) is 4.33 Å². The van der Waals surface area contributed by atoms with E-state index in [-0.39, 0.29) is 11.5 Å². The largest absolute Gasteiger partial charge is 0.399 e. The molecule has 0 aliphatic carbocycles. The zero-order chi connectivity index (χ0) is 13.7. The summed E-state index contributed by atoms with van der Waals surface area (Å²) in [6.45, 7) is 0.0440. The van der Waals surface area contributed by atoms with E-state index >= 15 is 0 Å². The molecule has 0 aromatic heterocycles. The van der Waals surface area contributed by atoms with Crippen molar-refractivity contribution in [2.24, 2.45) is 0 Å². The maximum absolute atomic E-state index is 11.8. The number of nitrogen functional groups attached to an aromatic ring is 1. The Labute approximate surface area is 111 Å². The van der Waals surface area contributed by atoms with Crippen LogP contribution < -0.4 is 5.73 Å². The van der Waals surface area contributed by atoms with Crippen LogP contribution in [0, 0.1) is 0 Å². The van der Waals surface area contributed by atoms with Crippen LogP contribution in [0.15, 0.2) is 59.5 Å². The lowest BCUT2D eigenvalue weighted by Crippen LogP contribution is -2.07. The number of rotatable bonds is 5. The summed E-state index contributed by atoms with van der Waals surface area (Å²) in [4.78, 5) is 4.71. The monoisotopic (exact) mass is 279 g/mol. The maximum atomic E-state index is 11.8. The van der Waals surface area contributed by atoms with E-state index in [1.165, 1.54) is 18.2 Å². The van der Waals surface area contributed by atoms with Gasteiger partial charge in [0.2, 0.25) is 0 Å². The lowest BCUT2D eigenvalue weighted by molar-refractivity contribution is -0.212. The second kappa shape index (κ2) is 5.83. The van der Waals surface area contributed by atoms with E-state index in [0.717, 1.165) is 5.56 Å². The van der Waals surface area contributed by atoms with Gasteiger partial charge in [-0.1, -0.05) is 36.4 Å². The molecule has 0 saturated carbocycles. The van der Waals surface area contributed by atoms with E-state index < -0.39 is 10.1 Å². The van der Waals surface area contributed by atoms with Crippen molar-refractivity contribution in [1.82, 2.24) is 0 Å². The molecule has 0 spiro atoms. The molecule has 0 fully saturated rings. The Hall–Kier alpha value is -1.89. The van der Waals surface area contributed by atoms with Gasteiger partial charge in [-0.25, -0.2) is 4.89 Å². The van der Waals surface area contributed by atoms with Gasteiger partial charge >= 0.3 is 10.1 Å². The van der Waals surface area contributed by atoms with Crippen molar-refractivity contribution < 1.29 is 17.6 Å². The minimum atomic E-state index is -3.96. The molecule has 100 valence electrons. The number of nitrogens with two attached hydrogens (primary N) is 1. The molecule has 0 heterocycles. The Morgan fingerprint density at radius 2 is 1.74 bits per heavy atom. The first kappa shape index (κ1) is 13.5. The van der Waals surface area contributed by atoms with Crippen molar-refractivity contribution in [2.75, 3.05) is 5.73 Å². The topological polar surface area (TPSA) is 78.6 Å². The van der Waals surface area contributed by atoms with Crippen LogP contribution in [-0.2, 0) is 25.9 Å². The van der Waals surface area contributed by atoms with Crippen molar-refractivity contribution >= 4 is 15.8 Å². The fraction of sp³-hybridized carbons (Fsp3) is 0.0769. The molecular weight excluding hydrogens is 266 g/mol. The third-order valence-electron chi connectivity index (χ3n) is 2.35. The van der Waals surface area contributed by atoms with Gasteiger partial charge in [0.05, 0.1) is 4.90 Å². The number of anilines is 1. The Morgan fingerprint density at radius 3 is 2.42 bits per heavy atom. The van der Waals surface area contributed by atoms with E-state index in [9.17, 15) is 8.42 Å². The third-order valence-corrected chi connectivity index (χ3v) is 3.46. The van der Waals surface area contributed by atoms with Crippen molar-refractivity contribution in [2.45, 2.75) is 11.5 Å². The first-order valence-corrected chi connectivity index (χ1v) is 6.94. The number of benzene rings is 2. The smallest absolute Gasteiger partial charge is 0.323 e. The molecule has 2 aromatic rings. The van der Waals surface area contributed by atoms with Gasteiger partial charge in [-0.2, -0.15) is 8.42 Å². The van der Waals surface area contributed by atoms with Gasteiger partial charge in [0.25, 0.3) is 0 Å². The molecule has 0 bridgehead atoms. The molecule has 5 nitrogen and oxygen atoms in total. The maximum Gasteiger partial charge on any atom is 0.323 e. The summed E-state index contributed by atoms with van der Waals surface area (Å²) in [7, 11) is -3.96. The fourth-order valence-corrected chi connectivity index (χ4v) is 2.22. The molecule has 0 unspecified atom stereocenters. The first-order valence-electron chi connectivity index (χ1n) is 5.53. The average molecular weight is 279 g/mol. The van der Waals surface area contributed by atoms with E-state index in [1.807, 2.05) is 18.2 Å². The summed E-state index contributed by atoms with van der Waals surface area (Å²) in [5.74, 6) is 0. The average Bonchev–Trinajstić information content (AvgIpc) is 2.40. The Bertz CT molecular complexity index is 641. The molecule has 19 heavy (non-hydrogen) atoms. The summed E-state index contributed by atoms with van der Waals surface area (Å²) in [5, 5.41) is 0. The molecule has 0 saturated heterocycles. The molecule has 0 atom stereocenters. The normalized spacial score (nSPS) is 11.4. The molecule has 2 rings (SSSR count). The van der Waals surface area contributed by atoms with Crippen LogP contribution in [0.4, 0.5) is 5.69 Å². The van der Waals surface area contributed by atoms with Gasteiger partial charge in [-0.05, 0) is 23.8 Å². The van der Waals surface area contributed by atoms with Crippen LogP contribution in [0.25, 0.3) is 0 Å². The molecule has 2 aromatic carbocycles. The van der Waals surface area contributed by atoms with Crippen LogP contribution >= 0.6 is 0 Å². The summed E-state index contributed by atoms with van der Waals surface area (Å²) in [5.41, 5.74) is 6.67. The molecule has 0 amide bonds. The molecule has 0 aliphatic heterocycles. The lowest BCUT2D eigenvalue weighted by Gasteiger charge is -2.05. The van der Waals surface area contributed by atoms with Crippen LogP contribution in [0.3, 0.4) is 0 Å². The quantitative estimate of drug-likeness (QED) is 0.515. The van der Waals surface area contributed by atoms with Crippen molar-refractivity contribution in [3.05, 3.63) is 60.2 Å². The standard InChI is InChI=1S/C13H13NO4S/c14-12-7-4-8-13(9-12)19(15,16)18-17-10-11-5-2-1-3-6-11/h1-9H,10,14H2. The van der Waals surface area contributed by atoms with E-state index in [4.69, 9.17) is 10.6 Å². The predicted octanol–water partition coefficient (Wildman–Crippen LogP) is 2.11. The summed E-state index contributed by atoms with van der Waals surface area (Å²) in [6, 6.07) is 14.9. The highest BCUT2D eigenvalue weighted by atomic mass is 32.2. The zero-order valence-electron chi connectivity index (χ0n) is 10.0. The van der Waals surface area contributed by atoms with Gasteiger partial charge in [-0.3, -0.25) is 0 Å². The Morgan fingerprint density at radius 1 is 1.00 bits per heavy atom. The van der Waals surface area contributed by atoms with Crippen LogP contribution in [0.2, 0.25) is 0 Å². The minimum absolute atomic E-state index is 0.0411. The fourth-order valence-electron chi connectivity index (χ4n) is 1.44. The van der Waals surface area contributed by atoms with Crippen molar-refractivity contribution in [1.29, 1.82) is 0 Å². The highest BCUT2D eigenvalue weighted by Crippen LogP contribution is 2.16. The summed E-state index contributed by atoms with van der Waals surface area (Å²) < 4.78 is 28.0. The van der Waals surface area contributed by atoms with Gasteiger partial charge < -0.3 is 5.73 Å². The lowest BCUT2D eigenvalue weighted by atomic mass is 10.2. The van der Waals surface area contributed by atoms with Gasteiger partial charge in [0.15, 0.2) is 0 Å². The summed E-state index contributed by atoms with van der Waals surface area (Å²) in [6.07, 6.45) is 0. The molecule has 0 aliphatic rings. The van der Waals surface area contributed by atoms with Gasteiger partial charge in [0.1, 0.15) is 6.61 Å². The molecule has 6 heteroatoms. The highest BCUT2D eigenvalue weighted by Gasteiger charge is 2.16. The SMILES string of the molecule is Nc1cccc(S(=O)(=O)OOCc2ccccc2)c1. The molecule has 0 radical (unpaired) electrons. The van der Waals surface area contributed by atoms with E-state index in [0.29, 0.717) is 5.69 Å². The van der Waals surface area contributed by atoms with Gasteiger partial charge in [0, 0.05) is 5.69 Å². The van der Waals surface area contributed by atoms with Crippen molar-refractivity contribution in [3.8, 4) is 0 Å². The molecule has 2 N–H and O–H groups in total. The minimum Gasteiger partial charge on any atom is -0.399 e. The number of hydrogen-bond acceptors (Lipinski definition) is 5. The Kier molecular flexibility index (Phi) is 4.16. The Balaban J connectivity index is 1.99. The van der Waals surface area contributed by atoms with Crippen LogP contribution in [0.5, 0.6) is 0 Å².